The van der Waals surface area contributed by atoms with Crippen molar-refractivity contribution in [2.24, 2.45) is 23.7 Å². The molecule has 0 unspecified atom stereocenters. The van der Waals surface area contributed by atoms with Crippen LogP contribution >= 0.6 is 0 Å². The topological polar surface area (TPSA) is 88.5 Å². The summed E-state index contributed by atoms with van der Waals surface area (Å²) in [7, 11) is 0. The Bertz CT molecular complexity index is 1590. The van der Waals surface area contributed by atoms with Crippen molar-refractivity contribution in [3.63, 3.8) is 0 Å². The minimum Gasteiger partial charge on any atom is -0.511 e. The fourth-order valence-corrected chi connectivity index (χ4v) is 4.68. The molecule has 6 rings (SSSR count). The van der Waals surface area contributed by atoms with Gasteiger partial charge in [0.25, 0.3) is 0 Å². The second kappa shape index (κ2) is 30.5. The van der Waals surface area contributed by atoms with Crippen molar-refractivity contribution in [3.8, 4) is 46.3 Å². The molecule has 312 valence electrons. The zero-order chi connectivity index (χ0) is 41.8. The molecule has 9 heteroatoms. The van der Waals surface area contributed by atoms with Crippen molar-refractivity contribution in [3.05, 3.63) is 121 Å². The van der Waals surface area contributed by atoms with E-state index in [1.165, 1.54) is 0 Å². The molecule has 2 aromatic heterocycles. The number of ether oxygens (including phenoxy) is 4. The Morgan fingerprint density at radius 2 is 0.746 bits per heavy atom. The normalized spacial score (nSPS) is 12.0. The van der Waals surface area contributed by atoms with Gasteiger partial charge in [-0.3, -0.25) is 12.2 Å². The van der Waals surface area contributed by atoms with Crippen LogP contribution in [-0.2, 0) is 21.7 Å². The van der Waals surface area contributed by atoms with Crippen molar-refractivity contribution in [2.75, 3.05) is 26.4 Å². The van der Waals surface area contributed by atoms with Crippen LogP contribution < -0.4 is 18.9 Å². The Kier molecular flexibility index (Phi) is 26.2. The molecule has 0 aliphatic heterocycles. The second-order valence-electron chi connectivity index (χ2n) is 15.4. The predicted molar refractivity (Wildman–Crippen MR) is 236 cm³/mol. The van der Waals surface area contributed by atoms with E-state index in [1.807, 2.05) is 85.0 Å². The minimum absolute atomic E-state index is 0. The van der Waals surface area contributed by atoms with E-state index in [4.69, 9.17) is 18.9 Å². The van der Waals surface area contributed by atoms with Crippen LogP contribution in [0.5, 0.6) is 23.5 Å². The average molecular weight is 833 g/mol. The van der Waals surface area contributed by atoms with Gasteiger partial charge in [0.15, 0.2) is 11.6 Å². The largest absolute Gasteiger partial charge is 4.00 e. The maximum atomic E-state index is 5.76. The summed E-state index contributed by atoms with van der Waals surface area (Å²) in [4.78, 5) is 17.9. The third kappa shape index (κ3) is 23.6. The van der Waals surface area contributed by atoms with Gasteiger partial charge in [0.1, 0.15) is 0 Å². The first-order chi connectivity index (χ1) is 28.1. The van der Waals surface area contributed by atoms with E-state index in [0.717, 1.165) is 49.7 Å². The molecule has 2 aliphatic carbocycles. The number of benzene rings is 2. The summed E-state index contributed by atoms with van der Waals surface area (Å²) < 4.78 is 23.0. The summed E-state index contributed by atoms with van der Waals surface area (Å²) >= 11 is 0. The average Bonchev–Trinajstić information content (AvgIpc) is 4.00. The SMILES string of the molecule is CC(C)CCOc1[c-]c(OCCC(C)C)nc(-c2ccccc2)n1.CC(C)CCOc1[c-]c(OCCC(C)C)nc(-c2ccccc2)n1.[C-]1=CC=CC1.[C-]1=CC=CC1.[Ti+4]. The maximum Gasteiger partial charge on any atom is 4.00 e. The van der Waals surface area contributed by atoms with Crippen molar-refractivity contribution in [1.29, 1.82) is 0 Å². The summed E-state index contributed by atoms with van der Waals surface area (Å²) in [5.74, 6) is 5.34. The van der Waals surface area contributed by atoms with E-state index in [-0.39, 0.29) is 21.7 Å². The van der Waals surface area contributed by atoms with Crippen molar-refractivity contribution in [2.45, 2.75) is 93.9 Å². The van der Waals surface area contributed by atoms with Crippen molar-refractivity contribution in [1.82, 2.24) is 19.9 Å². The third-order valence-electron chi connectivity index (χ3n) is 8.23. The fraction of sp³-hybridized carbons (Fsp3) is 0.440. The van der Waals surface area contributed by atoms with Gasteiger partial charge in [0, 0.05) is 34.6 Å². The number of hydrogen-bond acceptors (Lipinski definition) is 8. The molecular formula is C50H64N4O4Ti. The van der Waals surface area contributed by atoms with E-state index in [9.17, 15) is 0 Å². The molecule has 0 spiro atoms. The molecule has 0 radical (unpaired) electrons. The molecular weight excluding hydrogens is 768 g/mol. The van der Waals surface area contributed by atoms with Gasteiger partial charge >= 0.3 is 21.7 Å². The van der Waals surface area contributed by atoms with Crippen molar-refractivity contribution < 1.29 is 40.7 Å². The molecule has 0 amide bonds. The molecule has 4 aromatic rings. The van der Waals surface area contributed by atoms with Gasteiger partial charge in [-0.25, -0.2) is 44.2 Å². The molecule has 0 fully saturated rings. The van der Waals surface area contributed by atoms with Crippen LogP contribution in [0.2, 0.25) is 0 Å². The van der Waals surface area contributed by atoms with Crippen LogP contribution in [0.4, 0.5) is 0 Å². The molecule has 0 saturated heterocycles. The smallest absolute Gasteiger partial charge is 0.511 e. The Balaban J connectivity index is 0.000000323. The van der Waals surface area contributed by atoms with E-state index in [2.05, 4.69) is 112 Å². The van der Waals surface area contributed by atoms with Crippen LogP contribution in [0.15, 0.2) is 97.1 Å². The molecule has 0 N–H and O–H groups in total. The maximum absolute atomic E-state index is 5.76. The molecule has 2 aromatic carbocycles. The number of hydrogen-bond donors (Lipinski definition) is 0. The monoisotopic (exact) mass is 832 g/mol. The first-order valence-electron chi connectivity index (χ1n) is 20.8. The van der Waals surface area contributed by atoms with Crippen LogP contribution in [0.25, 0.3) is 22.8 Å². The van der Waals surface area contributed by atoms with E-state index in [1.54, 1.807) is 0 Å². The first-order valence-corrected chi connectivity index (χ1v) is 20.8. The molecule has 0 bridgehead atoms. The van der Waals surface area contributed by atoms with Gasteiger partial charge in [-0.1, -0.05) is 116 Å². The van der Waals surface area contributed by atoms with Gasteiger partial charge in [-0.05, 0) is 49.4 Å². The summed E-state index contributed by atoms with van der Waals surface area (Å²) in [5, 5.41) is 0. The Labute approximate surface area is 370 Å². The second-order valence-corrected chi connectivity index (χ2v) is 15.4. The van der Waals surface area contributed by atoms with Crippen LogP contribution in [-0.4, -0.2) is 46.4 Å². The summed E-state index contributed by atoms with van der Waals surface area (Å²) in [5.41, 5.74) is 1.88. The summed E-state index contributed by atoms with van der Waals surface area (Å²) in [6.45, 7) is 19.8. The van der Waals surface area contributed by atoms with Crippen LogP contribution in [0.3, 0.4) is 0 Å². The Hall–Kier alpha value is -4.53. The Morgan fingerprint density at radius 1 is 0.458 bits per heavy atom. The quantitative estimate of drug-likeness (QED) is 0.0723. The molecule has 8 nitrogen and oxygen atoms in total. The summed E-state index contributed by atoms with van der Waals surface area (Å²) in [6.07, 6.45) is 23.9. The number of aromatic nitrogens is 4. The molecule has 2 heterocycles. The molecule has 59 heavy (non-hydrogen) atoms. The van der Waals surface area contributed by atoms with E-state index in [0.29, 0.717) is 85.3 Å². The van der Waals surface area contributed by atoms with E-state index >= 15 is 0 Å². The third-order valence-corrected chi connectivity index (χ3v) is 8.23. The predicted octanol–water partition coefficient (Wildman–Crippen LogP) is 12.2. The molecule has 0 saturated carbocycles. The van der Waals surface area contributed by atoms with Gasteiger partial charge in [-0.2, -0.15) is 12.2 Å². The van der Waals surface area contributed by atoms with Gasteiger partial charge in [0.2, 0.25) is 0 Å². The summed E-state index contributed by atoms with van der Waals surface area (Å²) in [6, 6.07) is 25.8. The Morgan fingerprint density at radius 3 is 0.949 bits per heavy atom. The van der Waals surface area contributed by atoms with Crippen LogP contribution in [0.1, 0.15) is 93.9 Å². The zero-order valence-electron chi connectivity index (χ0n) is 36.5. The van der Waals surface area contributed by atoms with E-state index < -0.39 is 0 Å². The number of allylic oxidation sites excluding steroid dienone is 8. The van der Waals surface area contributed by atoms with Gasteiger partial charge in [0.05, 0.1) is 26.4 Å². The standard InChI is InChI=1S/2C20H27N2O2.2C5H5.Ti/c2*1-15(2)10-12-23-18-14-19(24-13-11-16(3)4)22-20(21-18)17-8-6-5-7-9-17;2*1-2-4-5-3-1;/h2*5-9,15-16H,10-13H2,1-4H3;2*1-3H,4H2;/q4*-1;+4. The minimum atomic E-state index is 0. The molecule has 0 atom stereocenters. The zero-order valence-corrected chi connectivity index (χ0v) is 38.1. The van der Waals surface area contributed by atoms with Crippen molar-refractivity contribution >= 4 is 0 Å². The number of rotatable bonds is 18. The number of nitrogens with zero attached hydrogens (tertiary/aromatic N) is 4. The van der Waals surface area contributed by atoms with Gasteiger partial charge < -0.3 is 31.1 Å². The van der Waals surface area contributed by atoms with Gasteiger partial charge in [-0.15, -0.1) is 12.8 Å². The molecule has 2 aliphatic rings. The first kappa shape index (κ1) is 50.6. The van der Waals surface area contributed by atoms with Crippen LogP contribution in [0, 0.1) is 48.0 Å². The fourth-order valence-electron chi connectivity index (χ4n) is 4.68.